The minimum Gasteiger partial charge on any atom is -0.494 e. The number of rotatable bonds is 7. The number of carbonyl (C=O) groups is 1. The third kappa shape index (κ3) is 5.78. The van der Waals surface area contributed by atoms with Gasteiger partial charge in [-0.3, -0.25) is 9.69 Å². The Morgan fingerprint density at radius 3 is 2.63 bits per heavy atom. The molecule has 1 fully saturated rings. The molecule has 0 bridgehead atoms. The molecule has 1 unspecified atom stereocenters. The van der Waals surface area contributed by atoms with Gasteiger partial charge in [-0.15, -0.1) is 0 Å². The van der Waals surface area contributed by atoms with E-state index in [0.717, 1.165) is 31.5 Å². The van der Waals surface area contributed by atoms with Gasteiger partial charge in [-0.1, -0.05) is 35.3 Å². The average molecular weight is 455 g/mol. The van der Waals surface area contributed by atoms with Crippen LogP contribution in [-0.2, 0) is 11.3 Å². The van der Waals surface area contributed by atoms with Crippen LogP contribution in [0.15, 0.2) is 36.4 Å². The number of ether oxygens (including phenoxy) is 2. The molecule has 0 aromatic heterocycles. The van der Waals surface area contributed by atoms with Crippen LogP contribution in [0.4, 0.5) is 4.39 Å². The Kier molecular flexibility index (Phi) is 7.81. The van der Waals surface area contributed by atoms with Gasteiger partial charge < -0.3 is 14.8 Å². The maximum Gasteiger partial charge on any atom is 0.260 e. The Morgan fingerprint density at radius 2 is 1.97 bits per heavy atom. The summed E-state index contributed by atoms with van der Waals surface area (Å²) in [6.07, 6.45) is 0.936. The third-order valence-corrected chi connectivity index (χ3v) is 5.95. The van der Waals surface area contributed by atoms with Crippen molar-refractivity contribution in [2.24, 2.45) is 0 Å². The molecule has 0 radical (unpaired) electrons. The van der Waals surface area contributed by atoms with Gasteiger partial charge in [0.05, 0.1) is 12.1 Å². The molecule has 162 valence electrons. The van der Waals surface area contributed by atoms with E-state index in [1.807, 2.05) is 6.07 Å². The molecule has 1 amide bonds. The zero-order chi connectivity index (χ0) is 21.7. The second-order valence-corrected chi connectivity index (χ2v) is 8.13. The molecule has 30 heavy (non-hydrogen) atoms. The molecule has 3 rings (SSSR count). The number of hydrogen-bond donors (Lipinski definition) is 1. The predicted molar refractivity (Wildman–Crippen MR) is 116 cm³/mol. The van der Waals surface area contributed by atoms with Crippen LogP contribution in [0.25, 0.3) is 0 Å². The Balaban J connectivity index is 1.46. The first kappa shape index (κ1) is 22.7. The number of methoxy groups -OCH3 is 1. The van der Waals surface area contributed by atoms with E-state index in [0.29, 0.717) is 22.3 Å². The molecule has 0 spiro atoms. The maximum atomic E-state index is 13.9. The minimum absolute atomic E-state index is 0.0715. The van der Waals surface area contributed by atoms with Gasteiger partial charge in [0.25, 0.3) is 5.91 Å². The lowest BCUT2D eigenvalue weighted by Crippen LogP contribution is -2.47. The second-order valence-electron chi connectivity index (χ2n) is 7.34. The van der Waals surface area contributed by atoms with Crippen LogP contribution in [0.3, 0.4) is 0 Å². The molecule has 2 aromatic rings. The Bertz CT molecular complexity index is 889. The Hall–Kier alpha value is -2.02. The lowest BCUT2D eigenvalue weighted by molar-refractivity contribution is -0.128. The number of nitrogens with one attached hydrogen (secondary N) is 1. The number of likely N-dealkylation sites (tertiary alicyclic amines) is 1. The van der Waals surface area contributed by atoms with Crippen LogP contribution in [0.2, 0.25) is 10.0 Å². The quantitative estimate of drug-likeness (QED) is 0.659. The van der Waals surface area contributed by atoms with Crippen molar-refractivity contribution in [1.82, 2.24) is 10.2 Å². The van der Waals surface area contributed by atoms with Gasteiger partial charge in [-0.25, -0.2) is 4.39 Å². The van der Waals surface area contributed by atoms with Crippen molar-refractivity contribution in [3.05, 3.63) is 57.8 Å². The van der Waals surface area contributed by atoms with E-state index in [9.17, 15) is 9.18 Å². The van der Waals surface area contributed by atoms with Gasteiger partial charge in [0.2, 0.25) is 0 Å². The van der Waals surface area contributed by atoms with Crippen molar-refractivity contribution in [1.29, 1.82) is 0 Å². The number of halogens is 3. The van der Waals surface area contributed by atoms with E-state index in [1.165, 1.54) is 13.2 Å². The smallest absolute Gasteiger partial charge is 0.260 e. The van der Waals surface area contributed by atoms with Gasteiger partial charge in [-0.2, -0.15) is 0 Å². The fourth-order valence-electron chi connectivity index (χ4n) is 3.44. The van der Waals surface area contributed by atoms with E-state index in [2.05, 4.69) is 10.2 Å². The number of benzene rings is 2. The number of hydrogen-bond acceptors (Lipinski definition) is 4. The summed E-state index contributed by atoms with van der Waals surface area (Å²) < 4.78 is 24.5. The number of carbonyl (C=O) groups excluding carboxylic acids is 1. The van der Waals surface area contributed by atoms with Crippen LogP contribution in [0.5, 0.6) is 11.5 Å². The molecule has 1 aliphatic rings. The monoisotopic (exact) mass is 454 g/mol. The Morgan fingerprint density at radius 1 is 1.23 bits per heavy atom. The molecule has 0 saturated carbocycles. The molecule has 1 aliphatic heterocycles. The topological polar surface area (TPSA) is 50.8 Å². The van der Waals surface area contributed by atoms with Crippen molar-refractivity contribution < 1.29 is 18.7 Å². The standard InChI is InChI=1S/C22H25Cl2FN2O3/c1-14(30-20-5-3-4-17(23)21(20)24)22(28)26-16-8-10-27(11-9-16)13-15-6-7-19(29-2)18(25)12-15/h3-7,12,14,16H,8-11,13H2,1-2H3,(H,26,28). The summed E-state index contributed by atoms with van der Waals surface area (Å²) in [5, 5.41) is 3.71. The van der Waals surface area contributed by atoms with Gasteiger partial charge >= 0.3 is 0 Å². The highest BCUT2D eigenvalue weighted by Crippen LogP contribution is 2.32. The van der Waals surface area contributed by atoms with Crippen LogP contribution in [0, 0.1) is 5.82 Å². The van der Waals surface area contributed by atoms with Crippen LogP contribution in [0.1, 0.15) is 25.3 Å². The maximum absolute atomic E-state index is 13.9. The fourth-order valence-corrected chi connectivity index (χ4v) is 3.78. The summed E-state index contributed by atoms with van der Waals surface area (Å²) in [5.41, 5.74) is 0.899. The predicted octanol–water partition coefficient (Wildman–Crippen LogP) is 4.69. The fraction of sp³-hybridized carbons (Fsp3) is 0.409. The molecule has 1 saturated heterocycles. The first-order valence-corrected chi connectivity index (χ1v) is 10.6. The van der Waals surface area contributed by atoms with Gasteiger partial charge in [-0.05, 0) is 49.6 Å². The van der Waals surface area contributed by atoms with E-state index >= 15 is 0 Å². The van der Waals surface area contributed by atoms with Crippen molar-refractivity contribution in [3.8, 4) is 11.5 Å². The summed E-state index contributed by atoms with van der Waals surface area (Å²) in [4.78, 5) is 14.7. The van der Waals surface area contributed by atoms with Gasteiger partial charge in [0.1, 0.15) is 10.8 Å². The number of amides is 1. The van der Waals surface area contributed by atoms with Crippen LogP contribution >= 0.6 is 23.2 Å². The number of piperidine rings is 1. The third-order valence-electron chi connectivity index (χ3n) is 5.15. The lowest BCUT2D eigenvalue weighted by Gasteiger charge is -2.33. The molecule has 8 heteroatoms. The normalized spacial score (nSPS) is 16.2. The molecule has 5 nitrogen and oxygen atoms in total. The van der Waals surface area contributed by atoms with Crippen molar-refractivity contribution >= 4 is 29.1 Å². The first-order chi connectivity index (χ1) is 14.4. The van der Waals surface area contributed by atoms with Crippen molar-refractivity contribution in [2.45, 2.75) is 38.5 Å². The minimum atomic E-state index is -0.693. The summed E-state index contributed by atoms with van der Waals surface area (Å²) in [6, 6.07) is 10.2. The van der Waals surface area contributed by atoms with E-state index in [-0.39, 0.29) is 23.5 Å². The molecule has 0 aliphatic carbocycles. The molecule has 1 atom stereocenters. The highest BCUT2D eigenvalue weighted by molar-refractivity contribution is 6.42. The SMILES string of the molecule is COc1ccc(CN2CCC(NC(=O)C(C)Oc3cccc(Cl)c3Cl)CC2)cc1F. The zero-order valence-electron chi connectivity index (χ0n) is 17.0. The highest BCUT2D eigenvalue weighted by Gasteiger charge is 2.24. The van der Waals surface area contributed by atoms with Gasteiger partial charge in [0.15, 0.2) is 17.7 Å². The molecule has 1 N–H and O–H groups in total. The summed E-state index contributed by atoms with van der Waals surface area (Å²) in [5.74, 6) is 0.0802. The second kappa shape index (κ2) is 10.3. The molecular formula is C22H25Cl2FN2O3. The molecule has 1 heterocycles. The van der Waals surface area contributed by atoms with E-state index in [1.54, 1.807) is 31.2 Å². The highest BCUT2D eigenvalue weighted by atomic mass is 35.5. The van der Waals surface area contributed by atoms with Crippen molar-refractivity contribution in [2.75, 3.05) is 20.2 Å². The van der Waals surface area contributed by atoms with E-state index < -0.39 is 6.10 Å². The summed E-state index contributed by atoms with van der Waals surface area (Å²) in [7, 11) is 1.45. The van der Waals surface area contributed by atoms with Crippen molar-refractivity contribution in [3.63, 3.8) is 0 Å². The van der Waals surface area contributed by atoms with Crippen LogP contribution in [-0.4, -0.2) is 43.2 Å². The molecular weight excluding hydrogens is 430 g/mol. The Labute approximate surface area is 186 Å². The largest absolute Gasteiger partial charge is 0.494 e. The number of nitrogens with zero attached hydrogens (tertiary/aromatic N) is 1. The van der Waals surface area contributed by atoms with E-state index in [4.69, 9.17) is 32.7 Å². The average Bonchev–Trinajstić information content (AvgIpc) is 2.73. The van der Waals surface area contributed by atoms with Crippen LogP contribution < -0.4 is 14.8 Å². The lowest BCUT2D eigenvalue weighted by atomic mass is 10.0. The first-order valence-electron chi connectivity index (χ1n) is 9.83. The summed E-state index contributed by atoms with van der Waals surface area (Å²) in [6.45, 7) is 3.97. The van der Waals surface area contributed by atoms with Gasteiger partial charge in [0, 0.05) is 25.7 Å². The summed E-state index contributed by atoms with van der Waals surface area (Å²) >= 11 is 12.1. The molecule has 2 aromatic carbocycles. The zero-order valence-corrected chi connectivity index (χ0v) is 18.5.